The van der Waals surface area contributed by atoms with Gasteiger partial charge in [0.1, 0.15) is 0 Å². The van der Waals surface area contributed by atoms with Crippen LogP contribution in [0.15, 0.2) is 48.5 Å². The van der Waals surface area contributed by atoms with Crippen LogP contribution in [0.5, 0.6) is 0 Å². The summed E-state index contributed by atoms with van der Waals surface area (Å²) in [7, 11) is 3.05. The SMILES string of the molecule is COC(OC)c1cc(C(=O)c2ccccc2)ccc1N. The van der Waals surface area contributed by atoms with E-state index in [4.69, 9.17) is 15.2 Å². The molecule has 104 valence electrons. The van der Waals surface area contributed by atoms with Crippen LogP contribution in [-0.4, -0.2) is 20.0 Å². The molecule has 0 aliphatic heterocycles. The lowest BCUT2D eigenvalue weighted by Gasteiger charge is -2.16. The van der Waals surface area contributed by atoms with Crippen molar-refractivity contribution < 1.29 is 14.3 Å². The number of ether oxygens (including phenoxy) is 2. The van der Waals surface area contributed by atoms with Crippen LogP contribution in [0.1, 0.15) is 27.8 Å². The monoisotopic (exact) mass is 271 g/mol. The molecule has 2 rings (SSSR count). The van der Waals surface area contributed by atoms with Crippen LogP contribution >= 0.6 is 0 Å². The Hall–Kier alpha value is -2.17. The molecule has 4 nitrogen and oxygen atoms in total. The normalized spacial score (nSPS) is 10.8. The van der Waals surface area contributed by atoms with E-state index in [9.17, 15) is 4.79 Å². The first-order valence-corrected chi connectivity index (χ1v) is 6.22. The van der Waals surface area contributed by atoms with Crippen molar-refractivity contribution in [1.29, 1.82) is 0 Å². The summed E-state index contributed by atoms with van der Waals surface area (Å²) >= 11 is 0. The first-order chi connectivity index (χ1) is 9.67. The molecule has 20 heavy (non-hydrogen) atoms. The van der Waals surface area contributed by atoms with Crippen LogP contribution in [-0.2, 0) is 9.47 Å². The molecule has 0 bridgehead atoms. The molecule has 4 heteroatoms. The number of hydrogen-bond acceptors (Lipinski definition) is 4. The second-order valence-corrected chi connectivity index (χ2v) is 4.34. The third-order valence-electron chi connectivity index (χ3n) is 3.07. The van der Waals surface area contributed by atoms with Crippen LogP contribution in [0, 0.1) is 0 Å². The Bertz CT molecular complexity index is 592. The van der Waals surface area contributed by atoms with Gasteiger partial charge in [-0.1, -0.05) is 30.3 Å². The molecule has 0 saturated carbocycles. The lowest BCUT2D eigenvalue weighted by Crippen LogP contribution is -2.09. The van der Waals surface area contributed by atoms with Crippen LogP contribution in [0.3, 0.4) is 0 Å². The molecular weight excluding hydrogens is 254 g/mol. The lowest BCUT2D eigenvalue weighted by atomic mass is 10.00. The van der Waals surface area contributed by atoms with E-state index in [0.29, 0.717) is 22.4 Å². The zero-order chi connectivity index (χ0) is 14.5. The molecule has 0 heterocycles. The van der Waals surface area contributed by atoms with Gasteiger partial charge in [0.2, 0.25) is 0 Å². The van der Waals surface area contributed by atoms with E-state index in [0.717, 1.165) is 0 Å². The second kappa shape index (κ2) is 6.32. The highest BCUT2D eigenvalue weighted by molar-refractivity contribution is 6.09. The molecule has 0 radical (unpaired) electrons. The van der Waals surface area contributed by atoms with Gasteiger partial charge < -0.3 is 15.2 Å². The lowest BCUT2D eigenvalue weighted by molar-refractivity contribution is -0.105. The van der Waals surface area contributed by atoms with Gasteiger partial charge in [-0.05, 0) is 18.2 Å². The summed E-state index contributed by atoms with van der Waals surface area (Å²) in [5.41, 5.74) is 8.28. The van der Waals surface area contributed by atoms with Gasteiger partial charge in [-0.25, -0.2) is 0 Å². The second-order valence-electron chi connectivity index (χ2n) is 4.34. The van der Waals surface area contributed by atoms with Crippen molar-refractivity contribution in [3.63, 3.8) is 0 Å². The van der Waals surface area contributed by atoms with Gasteiger partial charge in [0.15, 0.2) is 12.1 Å². The zero-order valence-electron chi connectivity index (χ0n) is 11.5. The number of anilines is 1. The topological polar surface area (TPSA) is 61.5 Å². The van der Waals surface area contributed by atoms with Gasteiger partial charge in [-0.2, -0.15) is 0 Å². The number of nitrogen functional groups attached to an aromatic ring is 1. The fraction of sp³-hybridized carbons (Fsp3) is 0.188. The molecule has 2 aromatic rings. The van der Waals surface area contributed by atoms with Crippen molar-refractivity contribution >= 4 is 11.5 Å². The van der Waals surface area contributed by atoms with Crippen molar-refractivity contribution in [3.8, 4) is 0 Å². The van der Waals surface area contributed by atoms with Gasteiger partial charge >= 0.3 is 0 Å². The van der Waals surface area contributed by atoms with E-state index in [1.165, 1.54) is 14.2 Å². The van der Waals surface area contributed by atoms with E-state index in [2.05, 4.69) is 0 Å². The molecule has 2 aromatic carbocycles. The summed E-state index contributed by atoms with van der Waals surface area (Å²) in [5, 5.41) is 0. The standard InChI is InChI=1S/C16H17NO3/c1-19-16(20-2)13-10-12(8-9-14(13)17)15(18)11-6-4-3-5-7-11/h3-10,16H,17H2,1-2H3. The highest BCUT2D eigenvalue weighted by atomic mass is 16.7. The molecular formula is C16H17NO3. The first-order valence-electron chi connectivity index (χ1n) is 6.22. The van der Waals surface area contributed by atoms with E-state index in [1.54, 1.807) is 30.3 Å². The van der Waals surface area contributed by atoms with E-state index in [1.807, 2.05) is 18.2 Å². The van der Waals surface area contributed by atoms with E-state index in [-0.39, 0.29) is 5.78 Å². The fourth-order valence-corrected chi connectivity index (χ4v) is 2.03. The third kappa shape index (κ3) is 2.87. The number of hydrogen-bond donors (Lipinski definition) is 1. The molecule has 2 N–H and O–H groups in total. The maximum atomic E-state index is 12.4. The van der Waals surface area contributed by atoms with Crippen molar-refractivity contribution in [3.05, 3.63) is 65.2 Å². The molecule has 0 aliphatic rings. The number of rotatable bonds is 5. The maximum Gasteiger partial charge on any atom is 0.193 e. The number of ketones is 1. The maximum absolute atomic E-state index is 12.4. The minimum atomic E-state index is -0.585. The smallest absolute Gasteiger partial charge is 0.193 e. The summed E-state index contributed by atoms with van der Waals surface area (Å²) in [6, 6.07) is 14.2. The fourth-order valence-electron chi connectivity index (χ4n) is 2.03. The summed E-state index contributed by atoms with van der Waals surface area (Å²) in [4.78, 5) is 12.4. The van der Waals surface area contributed by atoms with Crippen molar-refractivity contribution in [2.45, 2.75) is 6.29 Å². The summed E-state index contributed by atoms with van der Waals surface area (Å²) in [5.74, 6) is -0.0576. The van der Waals surface area contributed by atoms with Crippen LogP contribution in [0.25, 0.3) is 0 Å². The van der Waals surface area contributed by atoms with Crippen molar-refractivity contribution in [2.75, 3.05) is 20.0 Å². The molecule has 0 unspecified atom stereocenters. The Morgan fingerprint density at radius 1 is 1.00 bits per heavy atom. The average molecular weight is 271 g/mol. The molecule has 0 atom stereocenters. The Morgan fingerprint density at radius 2 is 1.65 bits per heavy atom. The molecule has 0 amide bonds. The third-order valence-corrected chi connectivity index (χ3v) is 3.07. The highest BCUT2D eigenvalue weighted by Crippen LogP contribution is 2.25. The van der Waals surface area contributed by atoms with Crippen LogP contribution in [0.4, 0.5) is 5.69 Å². The number of carbonyl (C=O) groups is 1. The van der Waals surface area contributed by atoms with Gasteiger partial charge in [0, 0.05) is 36.6 Å². The van der Waals surface area contributed by atoms with Gasteiger partial charge in [-0.3, -0.25) is 4.79 Å². The summed E-state index contributed by atoms with van der Waals surface area (Å²) in [6.45, 7) is 0. The van der Waals surface area contributed by atoms with Crippen molar-refractivity contribution in [1.82, 2.24) is 0 Å². The van der Waals surface area contributed by atoms with Crippen LogP contribution < -0.4 is 5.73 Å². The van der Waals surface area contributed by atoms with Gasteiger partial charge in [0.05, 0.1) is 0 Å². The molecule has 0 aliphatic carbocycles. The predicted molar refractivity (Wildman–Crippen MR) is 77.5 cm³/mol. The molecule has 0 saturated heterocycles. The Morgan fingerprint density at radius 3 is 2.25 bits per heavy atom. The quantitative estimate of drug-likeness (QED) is 0.516. The van der Waals surface area contributed by atoms with Crippen molar-refractivity contribution in [2.24, 2.45) is 0 Å². The highest BCUT2D eigenvalue weighted by Gasteiger charge is 2.16. The molecule has 0 fully saturated rings. The van der Waals surface area contributed by atoms with Gasteiger partial charge in [-0.15, -0.1) is 0 Å². The summed E-state index contributed by atoms with van der Waals surface area (Å²) < 4.78 is 10.4. The van der Waals surface area contributed by atoms with E-state index >= 15 is 0 Å². The number of benzene rings is 2. The Kier molecular flexibility index (Phi) is 4.50. The molecule has 0 spiro atoms. The number of nitrogens with two attached hydrogens (primary N) is 1. The Balaban J connectivity index is 2.39. The number of carbonyl (C=O) groups excluding carboxylic acids is 1. The molecule has 0 aromatic heterocycles. The van der Waals surface area contributed by atoms with E-state index < -0.39 is 6.29 Å². The first kappa shape index (κ1) is 14.2. The minimum absolute atomic E-state index is 0.0576. The largest absolute Gasteiger partial charge is 0.398 e. The van der Waals surface area contributed by atoms with Crippen LogP contribution in [0.2, 0.25) is 0 Å². The minimum Gasteiger partial charge on any atom is -0.398 e. The zero-order valence-corrected chi connectivity index (χ0v) is 11.5. The summed E-state index contributed by atoms with van der Waals surface area (Å²) in [6.07, 6.45) is -0.585. The Labute approximate surface area is 118 Å². The van der Waals surface area contributed by atoms with Gasteiger partial charge in [0.25, 0.3) is 0 Å². The predicted octanol–water partition coefficient (Wildman–Crippen LogP) is 2.79. The number of methoxy groups -OCH3 is 2. The average Bonchev–Trinajstić information content (AvgIpc) is 2.50.